The van der Waals surface area contributed by atoms with E-state index in [0.717, 1.165) is 5.69 Å². The third-order valence-electron chi connectivity index (χ3n) is 7.57. The summed E-state index contributed by atoms with van der Waals surface area (Å²) >= 11 is 7.60. The molecule has 1 atom stereocenters. The Morgan fingerprint density at radius 3 is 2.42 bits per heavy atom. The van der Waals surface area contributed by atoms with E-state index >= 15 is 0 Å². The molecule has 2 aliphatic rings. The van der Waals surface area contributed by atoms with Crippen molar-refractivity contribution in [3.63, 3.8) is 0 Å². The van der Waals surface area contributed by atoms with Crippen LogP contribution in [0.15, 0.2) is 59.8 Å². The zero-order valence-electron chi connectivity index (χ0n) is 23.9. The molecule has 12 nitrogen and oxygen atoms in total. The normalized spacial score (nSPS) is 17.1. The van der Waals surface area contributed by atoms with Gasteiger partial charge in [-0.25, -0.2) is 9.97 Å². The van der Waals surface area contributed by atoms with Gasteiger partial charge in [0.05, 0.1) is 17.8 Å². The van der Waals surface area contributed by atoms with Gasteiger partial charge in [0.1, 0.15) is 16.7 Å². The average molecular weight is 626 g/mol. The number of carbonyl (C=O) groups excluding carboxylic acids is 2. The summed E-state index contributed by atoms with van der Waals surface area (Å²) in [5.41, 5.74) is 1.53. The first-order valence-electron chi connectivity index (χ1n) is 13.9. The van der Waals surface area contributed by atoms with Crippen molar-refractivity contribution in [3.05, 3.63) is 75.4 Å². The van der Waals surface area contributed by atoms with Crippen molar-refractivity contribution in [2.24, 2.45) is 0 Å². The number of non-ortho nitro benzene ring substituents is 1. The standard InChI is InChI=1S/C29H32ClN7O5S/c1-20-18-35(14-15-36(20)28(39)21-4-3-5-24(16-21)42-2)26-17-25(30)31-29(32-26)43-19-27(38)34-12-10-33(11-13-34)22-6-8-23(9-7-22)37(40)41/h3-9,16-17,20H,10-15,18-19H2,1-2H3. The van der Waals surface area contributed by atoms with E-state index in [-0.39, 0.29) is 29.3 Å². The second kappa shape index (κ2) is 13.5. The summed E-state index contributed by atoms with van der Waals surface area (Å²) in [6.45, 7) is 6.05. The summed E-state index contributed by atoms with van der Waals surface area (Å²) < 4.78 is 5.27. The van der Waals surface area contributed by atoms with Crippen molar-refractivity contribution in [2.45, 2.75) is 18.1 Å². The molecule has 43 heavy (non-hydrogen) atoms. The molecule has 2 aromatic carbocycles. The monoisotopic (exact) mass is 625 g/mol. The lowest BCUT2D eigenvalue weighted by molar-refractivity contribution is -0.384. The zero-order chi connectivity index (χ0) is 30.5. The molecule has 14 heteroatoms. The second-order valence-electron chi connectivity index (χ2n) is 10.3. The molecule has 0 radical (unpaired) electrons. The van der Waals surface area contributed by atoms with Crippen LogP contribution < -0.4 is 14.5 Å². The largest absolute Gasteiger partial charge is 0.497 e. The van der Waals surface area contributed by atoms with E-state index in [2.05, 4.69) is 19.8 Å². The van der Waals surface area contributed by atoms with E-state index in [9.17, 15) is 19.7 Å². The lowest BCUT2D eigenvalue weighted by Crippen LogP contribution is -2.54. The van der Waals surface area contributed by atoms with Crippen molar-refractivity contribution < 1.29 is 19.2 Å². The summed E-state index contributed by atoms with van der Waals surface area (Å²) in [4.78, 5) is 53.5. The first kappa shape index (κ1) is 30.4. The molecule has 2 fully saturated rings. The molecule has 5 rings (SSSR count). The van der Waals surface area contributed by atoms with Gasteiger partial charge in [0.25, 0.3) is 11.6 Å². The number of thioether (sulfide) groups is 1. The molecular weight excluding hydrogens is 594 g/mol. The molecule has 0 spiro atoms. The zero-order valence-corrected chi connectivity index (χ0v) is 25.5. The van der Waals surface area contributed by atoms with E-state index in [1.54, 1.807) is 42.3 Å². The van der Waals surface area contributed by atoms with Gasteiger partial charge in [0.15, 0.2) is 5.16 Å². The van der Waals surface area contributed by atoms with Crippen LogP contribution >= 0.6 is 23.4 Å². The number of ether oxygens (including phenoxy) is 1. The summed E-state index contributed by atoms with van der Waals surface area (Å²) in [5.74, 6) is 1.41. The van der Waals surface area contributed by atoms with Gasteiger partial charge in [-0.2, -0.15) is 0 Å². The highest BCUT2D eigenvalue weighted by atomic mass is 35.5. The Hall–Kier alpha value is -4.10. The maximum absolute atomic E-state index is 13.2. The molecule has 3 heterocycles. The Balaban J connectivity index is 1.14. The molecule has 3 aromatic rings. The highest BCUT2D eigenvalue weighted by Crippen LogP contribution is 2.26. The first-order valence-corrected chi connectivity index (χ1v) is 15.2. The van der Waals surface area contributed by atoms with Gasteiger partial charge >= 0.3 is 0 Å². The van der Waals surface area contributed by atoms with E-state index in [1.807, 2.05) is 24.0 Å². The third kappa shape index (κ3) is 7.28. The summed E-state index contributed by atoms with van der Waals surface area (Å²) in [5, 5.41) is 11.6. The molecule has 0 aliphatic carbocycles. The topological polar surface area (TPSA) is 125 Å². The van der Waals surface area contributed by atoms with Crippen LogP contribution in [-0.2, 0) is 4.79 Å². The number of aromatic nitrogens is 2. The minimum atomic E-state index is -0.418. The minimum absolute atomic E-state index is 0.0169. The van der Waals surface area contributed by atoms with Crippen LogP contribution in [0, 0.1) is 10.1 Å². The minimum Gasteiger partial charge on any atom is -0.497 e. The van der Waals surface area contributed by atoms with Crippen LogP contribution in [0.3, 0.4) is 0 Å². The molecular formula is C29H32ClN7O5S. The number of piperazine rings is 2. The summed E-state index contributed by atoms with van der Waals surface area (Å²) in [7, 11) is 1.58. The number of carbonyl (C=O) groups is 2. The van der Waals surface area contributed by atoms with Crippen LogP contribution in [0.1, 0.15) is 17.3 Å². The Kier molecular flexibility index (Phi) is 9.51. The van der Waals surface area contributed by atoms with E-state index < -0.39 is 4.92 Å². The molecule has 0 bridgehead atoms. The highest BCUT2D eigenvalue weighted by Gasteiger charge is 2.30. The summed E-state index contributed by atoms with van der Waals surface area (Å²) in [6.07, 6.45) is 0. The van der Waals surface area contributed by atoms with Crippen molar-refractivity contribution in [2.75, 3.05) is 68.5 Å². The molecule has 226 valence electrons. The number of anilines is 2. The van der Waals surface area contributed by atoms with Gasteiger partial charge < -0.3 is 24.3 Å². The Morgan fingerprint density at radius 1 is 1.02 bits per heavy atom. The molecule has 2 amide bonds. The number of hydrogen-bond donors (Lipinski definition) is 0. The predicted molar refractivity (Wildman–Crippen MR) is 165 cm³/mol. The van der Waals surface area contributed by atoms with Gasteiger partial charge in [-0.15, -0.1) is 0 Å². The van der Waals surface area contributed by atoms with Crippen molar-refractivity contribution in [1.82, 2.24) is 19.8 Å². The SMILES string of the molecule is COc1cccc(C(=O)N2CCN(c3cc(Cl)nc(SCC(=O)N4CCN(c5ccc([N+](=O)[O-])cc5)CC4)n3)CC2C)c1. The Labute approximate surface area is 258 Å². The van der Waals surface area contributed by atoms with Gasteiger partial charge in [-0.3, -0.25) is 19.7 Å². The predicted octanol–water partition coefficient (Wildman–Crippen LogP) is 3.84. The van der Waals surface area contributed by atoms with Crippen molar-refractivity contribution >= 4 is 52.4 Å². The number of hydrogen-bond acceptors (Lipinski definition) is 10. The number of nitrogens with zero attached hydrogens (tertiary/aromatic N) is 7. The number of halogens is 1. The van der Waals surface area contributed by atoms with Crippen molar-refractivity contribution in [3.8, 4) is 5.75 Å². The number of nitro benzene ring substituents is 1. The maximum Gasteiger partial charge on any atom is 0.269 e. The fourth-order valence-corrected chi connectivity index (χ4v) is 6.20. The highest BCUT2D eigenvalue weighted by molar-refractivity contribution is 7.99. The van der Waals surface area contributed by atoms with Crippen LogP contribution in [0.25, 0.3) is 0 Å². The fourth-order valence-electron chi connectivity index (χ4n) is 5.22. The van der Waals surface area contributed by atoms with Gasteiger partial charge in [-0.1, -0.05) is 29.4 Å². The quantitative estimate of drug-likeness (QED) is 0.120. The van der Waals surface area contributed by atoms with E-state index in [1.165, 1.54) is 23.9 Å². The van der Waals surface area contributed by atoms with Crippen LogP contribution in [0.4, 0.5) is 17.2 Å². The molecule has 1 unspecified atom stereocenters. The van der Waals surface area contributed by atoms with Gasteiger partial charge in [-0.05, 0) is 37.3 Å². The average Bonchev–Trinajstić information content (AvgIpc) is 3.03. The number of nitro groups is 1. The van der Waals surface area contributed by atoms with E-state index in [0.29, 0.717) is 73.3 Å². The summed E-state index contributed by atoms with van der Waals surface area (Å²) in [6, 6.07) is 15.2. The van der Waals surface area contributed by atoms with Crippen LogP contribution in [-0.4, -0.2) is 101 Å². The smallest absolute Gasteiger partial charge is 0.269 e. The molecule has 2 aliphatic heterocycles. The molecule has 0 N–H and O–H groups in total. The number of methoxy groups -OCH3 is 1. The first-order chi connectivity index (χ1) is 20.7. The third-order valence-corrected chi connectivity index (χ3v) is 8.60. The van der Waals surface area contributed by atoms with E-state index in [4.69, 9.17) is 16.3 Å². The Morgan fingerprint density at radius 2 is 1.74 bits per heavy atom. The van der Waals surface area contributed by atoms with Gasteiger partial charge in [0.2, 0.25) is 5.91 Å². The second-order valence-corrected chi connectivity index (χ2v) is 11.6. The lowest BCUT2D eigenvalue weighted by Gasteiger charge is -2.40. The number of amides is 2. The maximum atomic E-state index is 13.2. The van der Waals surface area contributed by atoms with Crippen LogP contribution in [0.5, 0.6) is 5.75 Å². The lowest BCUT2D eigenvalue weighted by atomic mass is 10.1. The molecule has 0 saturated carbocycles. The van der Waals surface area contributed by atoms with Gasteiger partial charge in [0, 0.05) is 81.3 Å². The molecule has 1 aromatic heterocycles. The van der Waals surface area contributed by atoms with Crippen molar-refractivity contribution in [1.29, 1.82) is 0 Å². The fraction of sp³-hybridized carbons (Fsp3) is 0.379. The number of benzene rings is 2. The van der Waals surface area contributed by atoms with Crippen LogP contribution in [0.2, 0.25) is 5.15 Å². The molecule has 2 saturated heterocycles. The Bertz CT molecular complexity index is 1490. The number of rotatable bonds is 8.